The fourth-order valence-corrected chi connectivity index (χ4v) is 2.91. The van der Waals surface area contributed by atoms with Gasteiger partial charge in [0.05, 0.1) is 18.2 Å². The van der Waals surface area contributed by atoms with Crippen LogP contribution in [0.15, 0.2) is 0 Å². The summed E-state index contributed by atoms with van der Waals surface area (Å²) in [5.41, 5.74) is 0.251. The van der Waals surface area contributed by atoms with E-state index in [4.69, 9.17) is 11.2 Å². The Morgan fingerprint density at radius 3 is 2.80 bits per heavy atom. The topological polar surface area (TPSA) is 21.3 Å². The first-order chi connectivity index (χ1) is 7.35. The lowest BCUT2D eigenvalue weighted by molar-refractivity contribution is -0.0620. The third kappa shape index (κ3) is 2.74. The van der Waals surface area contributed by atoms with E-state index in [1.54, 1.807) is 0 Å². The molecule has 2 nitrogen and oxygen atoms in total. The molecule has 2 heteroatoms. The number of nitrogens with one attached hydrogen (secondary N) is 1. The van der Waals surface area contributed by atoms with Crippen LogP contribution in [0.2, 0.25) is 0 Å². The summed E-state index contributed by atoms with van der Waals surface area (Å²) in [5.74, 6) is 2.60. The van der Waals surface area contributed by atoms with Crippen LogP contribution in [0.1, 0.15) is 44.9 Å². The third-order valence-corrected chi connectivity index (χ3v) is 3.70. The van der Waals surface area contributed by atoms with Gasteiger partial charge in [-0.1, -0.05) is 25.2 Å². The summed E-state index contributed by atoms with van der Waals surface area (Å²) in [6.07, 6.45) is 14.7. The molecule has 0 radical (unpaired) electrons. The Kier molecular flexibility index (Phi) is 3.66. The highest BCUT2D eigenvalue weighted by atomic mass is 16.5. The minimum Gasteiger partial charge on any atom is -0.370 e. The van der Waals surface area contributed by atoms with Gasteiger partial charge in [-0.2, -0.15) is 0 Å². The summed E-state index contributed by atoms with van der Waals surface area (Å²) in [5, 5.41) is 3.24. The van der Waals surface area contributed by atoms with Gasteiger partial charge in [0.1, 0.15) is 0 Å². The summed E-state index contributed by atoms with van der Waals surface area (Å²) in [6.45, 7) is 1.58. The van der Waals surface area contributed by atoms with Gasteiger partial charge in [0.25, 0.3) is 0 Å². The van der Waals surface area contributed by atoms with E-state index in [0.717, 1.165) is 6.54 Å². The van der Waals surface area contributed by atoms with Crippen LogP contribution < -0.4 is 5.32 Å². The van der Waals surface area contributed by atoms with Crippen molar-refractivity contribution in [2.45, 2.75) is 56.7 Å². The molecule has 1 heterocycles. The van der Waals surface area contributed by atoms with Crippen molar-refractivity contribution in [3.05, 3.63) is 0 Å². The van der Waals surface area contributed by atoms with Crippen molar-refractivity contribution in [3.8, 4) is 12.3 Å². The molecule has 1 saturated carbocycles. The molecular formula is C13H21NO. The Bertz CT molecular complexity index is 237. The monoisotopic (exact) mass is 207 g/mol. The second-order valence-corrected chi connectivity index (χ2v) is 4.86. The maximum absolute atomic E-state index is 6.21. The summed E-state index contributed by atoms with van der Waals surface area (Å²) < 4.78 is 6.21. The first kappa shape index (κ1) is 11.0. The Morgan fingerprint density at radius 2 is 2.07 bits per heavy atom. The lowest BCUT2D eigenvalue weighted by Crippen LogP contribution is -2.34. The Balaban J connectivity index is 1.76. The average molecular weight is 207 g/mol. The molecule has 1 N–H and O–H groups in total. The third-order valence-electron chi connectivity index (χ3n) is 3.70. The predicted molar refractivity (Wildman–Crippen MR) is 61.6 cm³/mol. The van der Waals surface area contributed by atoms with Crippen molar-refractivity contribution >= 4 is 0 Å². The van der Waals surface area contributed by atoms with Crippen LogP contribution in [0.5, 0.6) is 0 Å². The fraction of sp³-hybridized carbons (Fsp3) is 0.846. The molecule has 0 aromatic carbocycles. The molecule has 1 aliphatic heterocycles. The average Bonchev–Trinajstić information content (AvgIpc) is 2.63. The van der Waals surface area contributed by atoms with Gasteiger partial charge in [0, 0.05) is 6.54 Å². The van der Waals surface area contributed by atoms with Gasteiger partial charge in [-0.05, 0) is 25.7 Å². The molecule has 84 valence electrons. The molecule has 2 aliphatic rings. The predicted octanol–water partition coefficient (Wildman–Crippen LogP) is 2.09. The van der Waals surface area contributed by atoms with Gasteiger partial charge < -0.3 is 10.1 Å². The van der Waals surface area contributed by atoms with Crippen molar-refractivity contribution in [1.29, 1.82) is 0 Å². The highest BCUT2D eigenvalue weighted by Gasteiger charge is 2.40. The Labute approximate surface area is 92.8 Å². The molecule has 0 aromatic rings. The van der Waals surface area contributed by atoms with Crippen LogP contribution in [-0.2, 0) is 4.74 Å². The molecule has 0 amide bonds. The molecule has 0 bridgehead atoms. The number of hydrogen-bond donors (Lipinski definition) is 1. The summed E-state index contributed by atoms with van der Waals surface area (Å²) in [7, 11) is 0. The van der Waals surface area contributed by atoms with E-state index in [2.05, 4.69) is 11.2 Å². The first-order valence-electron chi connectivity index (χ1n) is 6.17. The van der Waals surface area contributed by atoms with E-state index in [-0.39, 0.29) is 5.60 Å². The van der Waals surface area contributed by atoms with Crippen LogP contribution in [0.4, 0.5) is 0 Å². The molecule has 1 atom stereocenters. The van der Waals surface area contributed by atoms with Crippen molar-refractivity contribution in [1.82, 2.24) is 5.32 Å². The van der Waals surface area contributed by atoms with Crippen LogP contribution in [-0.4, -0.2) is 24.8 Å². The molecule has 2 rings (SSSR count). The maximum Gasteiger partial charge on any atom is 0.0708 e. The second-order valence-electron chi connectivity index (χ2n) is 4.86. The fourth-order valence-electron chi connectivity index (χ4n) is 2.91. The summed E-state index contributed by atoms with van der Waals surface area (Å²) in [4.78, 5) is 0. The standard InChI is InChI=1S/C13H21NO/c1-2-10-14-11-12-6-9-13(15-12)7-4-3-5-8-13/h1,12,14H,3-11H2. The highest BCUT2D eigenvalue weighted by molar-refractivity contribution is 4.93. The lowest BCUT2D eigenvalue weighted by atomic mass is 9.83. The van der Waals surface area contributed by atoms with E-state index in [1.165, 1.54) is 44.9 Å². The normalized spacial score (nSPS) is 29.1. The minimum absolute atomic E-state index is 0.251. The number of ether oxygens (including phenoxy) is 1. The molecule has 0 aromatic heterocycles. The second kappa shape index (κ2) is 5.01. The molecule has 2 fully saturated rings. The zero-order valence-electron chi connectivity index (χ0n) is 9.43. The molecule has 15 heavy (non-hydrogen) atoms. The Morgan fingerprint density at radius 1 is 1.27 bits per heavy atom. The molecule has 1 spiro atoms. The van der Waals surface area contributed by atoms with Crippen LogP contribution in [0.3, 0.4) is 0 Å². The Hall–Kier alpha value is -0.520. The number of hydrogen-bond acceptors (Lipinski definition) is 2. The van der Waals surface area contributed by atoms with Crippen LogP contribution >= 0.6 is 0 Å². The van der Waals surface area contributed by atoms with Crippen molar-refractivity contribution in [2.75, 3.05) is 13.1 Å². The summed E-state index contributed by atoms with van der Waals surface area (Å²) in [6, 6.07) is 0. The van der Waals surface area contributed by atoms with E-state index in [1.807, 2.05) is 0 Å². The van der Waals surface area contributed by atoms with E-state index >= 15 is 0 Å². The number of rotatable bonds is 3. The van der Waals surface area contributed by atoms with Gasteiger partial charge in [0.2, 0.25) is 0 Å². The molecule has 1 saturated heterocycles. The SMILES string of the molecule is C#CCNCC1CCC2(CCCCC2)O1. The quantitative estimate of drug-likeness (QED) is 0.565. The minimum atomic E-state index is 0.251. The van der Waals surface area contributed by atoms with Crippen molar-refractivity contribution in [2.24, 2.45) is 0 Å². The zero-order chi connectivity index (χ0) is 10.6. The van der Waals surface area contributed by atoms with Crippen LogP contribution in [0.25, 0.3) is 0 Å². The van der Waals surface area contributed by atoms with Crippen molar-refractivity contribution < 1.29 is 4.74 Å². The number of terminal acetylenes is 1. The van der Waals surface area contributed by atoms with Gasteiger partial charge in [-0.3, -0.25) is 0 Å². The van der Waals surface area contributed by atoms with Crippen molar-refractivity contribution in [3.63, 3.8) is 0 Å². The molecular weight excluding hydrogens is 186 g/mol. The smallest absolute Gasteiger partial charge is 0.0708 e. The summed E-state index contributed by atoms with van der Waals surface area (Å²) >= 11 is 0. The van der Waals surface area contributed by atoms with Gasteiger partial charge in [0.15, 0.2) is 0 Å². The first-order valence-corrected chi connectivity index (χ1v) is 6.17. The van der Waals surface area contributed by atoms with Gasteiger partial charge >= 0.3 is 0 Å². The maximum atomic E-state index is 6.21. The zero-order valence-corrected chi connectivity index (χ0v) is 9.43. The van der Waals surface area contributed by atoms with Gasteiger partial charge in [-0.25, -0.2) is 0 Å². The molecule has 1 unspecified atom stereocenters. The van der Waals surface area contributed by atoms with E-state index in [0.29, 0.717) is 12.6 Å². The largest absolute Gasteiger partial charge is 0.370 e. The van der Waals surface area contributed by atoms with Gasteiger partial charge in [-0.15, -0.1) is 6.42 Å². The highest BCUT2D eigenvalue weighted by Crippen LogP contribution is 2.41. The van der Waals surface area contributed by atoms with Crippen LogP contribution in [0, 0.1) is 12.3 Å². The lowest BCUT2D eigenvalue weighted by Gasteiger charge is -2.33. The van der Waals surface area contributed by atoms with E-state index in [9.17, 15) is 0 Å². The van der Waals surface area contributed by atoms with E-state index < -0.39 is 0 Å². The molecule has 1 aliphatic carbocycles.